The van der Waals surface area contributed by atoms with Crippen molar-refractivity contribution in [1.82, 2.24) is 4.98 Å². The summed E-state index contributed by atoms with van der Waals surface area (Å²) in [6.07, 6.45) is 1.24. The fourth-order valence-corrected chi connectivity index (χ4v) is 6.82. The summed E-state index contributed by atoms with van der Waals surface area (Å²) >= 11 is 8.26. The Labute approximate surface area is 240 Å². The molecule has 0 amide bonds. The molecule has 3 aliphatic heterocycles. The number of epoxide rings is 2. The summed E-state index contributed by atoms with van der Waals surface area (Å²) < 4.78 is 17.7. The Hall–Kier alpha value is -1.36. The molecule has 4 heterocycles. The van der Waals surface area contributed by atoms with E-state index in [2.05, 4.69) is 11.9 Å². The van der Waals surface area contributed by atoms with E-state index in [9.17, 15) is 19.8 Å². The van der Waals surface area contributed by atoms with Crippen molar-refractivity contribution in [2.24, 2.45) is 17.3 Å². The molecular weight excluding hydrogens is 542 g/mol. The van der Waals surface area contributed by atoms with Gasteiger partial charge in [0.2, 0.25) is 0 Å². The quantitative estimate of drug-likeness (QED) is 0.382. The van der Waals surface area contributed by atoms with Crippen molar-refractivity contribution >= 4 is 40.8 Å². The van der Waals surface area contributed by atoms with Gasteiger partial charge in [0, 0.05) is 11.8 Å². The van der Waals surface area contributed by atoms with Crippen molar-refractivity contribution in [3.63, 3.8) is 0 Å². The van der Waals surface area contributed by atoms with E-state index in [1.807, 2.05) is 26.2 Å². The van der Waals surface area contributed by atoms with Crippen LogP contribution in [0.3, 0.4) is 0 Å². The van der Waals surface area contributed by atoms with E-state index in [1.165, 1.54) is 11.3 Å². The number of rotatable bonds is 4. The van der Waals surface area contributed by atoms with Gasteiger partial charge in [-0.3, -0.25) is 9.59 Å². The number of hydrogen-bond acceptors (Lipinski definition) is 9. The topological polar surface area (TPSA) is 122 Å². The Kier molecular flexibility index (Phi) is 9.01. The van der Waals surface area contributed by atoms with Gasteiger partial charge in [0.25, 0.3) is 0 Å². The summed E-state index contributed by atoms with van der Waals surface area (Å²) in [4.78, 5) is 31.3. The number of ether oxygens (including phenoxy) is 3. The number of fused-ring (bicyclic) bond motifs is 1. The molecule has 4 rings (SSSR count). The van der Waals surface area contributed by atoms with Crippen molar-refractivity contribution < 1.29 is 34.0 Å². The first-order valence-corrected chi connectivity index (χ1v) is 15.2. The Morgan fingerprint density at radius 2 is 1.97 bits per heavy atom. The van der Waals surface area contributed by atoms with E-state index < -0.39 is 53.2 Å². The highest BCUT2D eigenvalue weighted by molar-refractivity contribution is 7.09. The zero-order chi connectivity index (χ0) is 28.8. The molecule has 8 nitrogen and oxygen atoms in total. The van der Waals surface area contributed by atoms with Gasteiger partial charge in [-0.05, 0) is 45.1 Å². The van der Waals surface area contributed by atoms with Gasteiger partial charge in [-0.2, -0.15) is 0 Å². The van der Waals surface area contributed by atoms with Crippen LogP contribution in [0, 0.1) is 24.2 Å². The third-order valence-corrected chi connectivity index (χ3v) is 10.2. The van der Waals surface area contributed by atoms with Gasteiger partial charge in [-0.15, -0.1) is 11.3 Å². The van der Waals surface area contributed by atoms with Gasteiger partial charge in [0.05, 0.1) is 64.0 Å². The van der Waals surface area contributed by atoms with E-state index in [-0.39, 0.29) is 17.8 Å². The van der Waals surface area contributed by atoms with Gasteiger partial charge in [0.1, 0.15) is 17.5 Å². The number of Topliss-reactive ketones (excluding diaryl/α,β-unsaturated/α-hetero) is 1. The number of aryl methyl sites for hydroxylation is 1. The monoisotopic (exact) mass is 583 g/mol. The number of carbonyl (C=O) groups is 2. The van der Waals surface area contributed by atoms with Crippen LogP contribution in [0.5, 0.6) is 0 Å². The molecule has 0 radical (unpaired) electrons. The maximum atomic E-state index is 13.7. The molecule has 3 aliphatic rings. The standard InChI is InChI=1S/C29H42ClNO7S/c1-7-29-13-20(19(30)11-18-15-39-17(3)31-18)37-23(33)12-22(32)27(4,5)26(35)24(21-14-36-21)25(34)16(2)9-8-10-28(29,6)38-29/h11,15-16,20-22,24-25,32,34H,7-10,12-14H2,1-6H3/t16-,20-,21?,22-,24-,25+,28?,29?/m0/s1. The number of thiazole rings is 1. The molecule has 0 aromatic carbocycles. The predicted octanol–water partition coefficient (Wildman–Crippen LogP) is 4.81. The van der Waals surface area contributed by atoms with Crippen molar-refractivity contribution in [1.29, 1.82) is 0 Å². The molecule has 10 heteroatoms. The lowest BCUT2D eigenvalue weighted by atomic mass is 9.71. The molecule has 8 atom stereocenters. The first-order valence-electron chi connectivity index (χ1n) is 13.9. The van der Waals surface area contributed by atoms with E-state index >= 15 is 0 Å². The second-order valence-corrected chi connectivity index (χ2v) is 13.7. The highest BCUT2D eigenvalue weighted by atomic mass is 35.5. The number of aliphatic hydroxyl groups is 2. The molecule has 3 unspecified atom stereocenters. The Morgan fingerprint density at radius 3 is 2.56 bits per heavy atom. The van der Waals surface area contributed by atoms with E-state index in [4.69, 9.17) is 25.8 Å². The van der Waals surface area contributed by atoms with Crippen molar-refractivity contribution in [3.05, 3.63) is 21.1 Å². The summed E-state index contributed by atoms with van der Waals surface area (Å²) in [6.45, 7) is 11.6. The van der Waals surface area contributed by atoms with Crippen LogP contribution in [0.4, 0.5) is 0 Å². The van der Waals surface area contributed by atoms with Crippen LogP contribution in [0.25, 0.3) is 6.08 Å². The van der Waals surface area contributed by atoms with E-state index in [0.29, 0.717) is 36.6 Å². The fraction of sp³-hybridized carbons (Fsp3) is 0.759. The van der Waals surface area contributed by atoms with Gasteiger partial charge >= 0.3 is 5.97 Å². The fourth-order valence-electron chi connectivity index (χ4n) is 6.01. The lowest BCUT2D eigenvalue weighted by Gasteiger charge is -2.35. The van der Waals surface area contributed by atoms with Crippen LogP contribution in [-0.4, -0.2) is 69.2 Å². The van der Waals surface area contributed by atoms with E-state index in [0.717, 1.165) is 17.8 Å². The number of ketones is 1. The summed E-state index contributed by atoms with van der Waals surface area (Å²) in [5, 5.41) is 25.4. The maximum Gasteiger partial charge on any atom is 0.309 e. The number of aliphatic hydroxyl groups excluding tert-OH is 2. The molecule has 0 saturated carbocycles. The Bertz CT molecular complexity index is 1100. The van der Waals surface area contributed by atoms with Gasteiger partial charge in [0.15, 0.2) is 0 Å². The zero-order valence-electron chi connectivity index (χ0n) is 23.7. The average Bonchev–Trinajstić information content (AvgIpc) is 3.75. The minimum atomic E-state index is -1.32. The molecule has 1 aromatic rings. The third-order valence-electron chi connectivity index (χ3n) is 9.09. The maximum absolute atomic E-state index is 13.7. The molecular formula is C29H42ClNO7S. The summed E-state index contributed by atoms with van der Waals surface area (Å²) in [6, 6.07) is 0. The van der Waals surface area contributed by atoms with Crippen molar-refractivity contribution in [3.8, 4) is 0 Å². The Balaban J connectivity index is 1.64. The van der Waals surface area contributed by atoms with Crippen LogP contribution >= 0.6 is 22.9 Å². The zero-order valence-corrected chi connectivity index (χ0v) is 25.3. The lowest BCUT2D eigenvalue weighted by Crippen LogP contribution is -2.48. The summed E-state index contributed by atoms with van der Waals surface area (Å²) in [5.74, 6) is -1.90. The molecule has 0 aliphatic carbocycles. The number of cyclic esters (lactones) is 1. The summed E-state index contributed by atoms with van der Waals surface area (Å²) in [7, 11) is 0. The number of hydrogen-bond donors (Lipinski definition) is 2. The molecule has 0 spiro atoms. The number of aromatic nitrogens is 1. The van der Waals surface area contributed by atoms with Crippen molar-refractivity contribution in [2.75, 3.05) is 6.61 Å². The van der Waals surface area contributed by atoms with Gasteiger partial charge in [-0.25, -0.2) is 4.98 Å². The first kappa shape index (κ1) is 30.6. The van der Waals surface area contributed by atoms with Gasteiger partial charge < -0.3 is 24.4 Å². The molecule has 3 fully saturated rings. The van der Waals surface area contributed by atoms with Gasteiger partial charge in [-0.1, -0.05) is 45.7 Å². The number of esters is 1. The smallest absolute Gasteiger partial charge is 0.309 e. The van der Waals surface area contributed by atoms with Crippen LogP contribution in [0.1, 0.15) is 83.8 Å². The second-order valence-electron chi connectivity index (χ2n) is 12.2. The van der Waals surface area contributed by atoms with E-state index in [1.54, 1.807) is 19.9 Å². The molecule has 0 bridgehead atoms. The molecule has 1 aromatic heterocycles. The molecule has 39 heavy (non-hydrogen) atoms. The minimum absolute atomic E-state index is 0.154. The normalized spacial score (nSPS) is 40.1. The largest absolute Gasteiger partial charge is 0.456 e. The van der Waals surface area contributed by atoms with Crippen LogP contribution in [-0.2, 0) is 23.8 Å². The highest BCUT2D eigenvalue weighted by Crippen LogP contribution is 2.57. The molecule has 3 saturated heterocycles. The molecule has 218 valence electrons. The predicted molar refractivity (Wildman–Crippen MR) is 149 cm³/mol. The number of carbonyl (C=O) groups excluding carboxylic acids is 2. The highest BCUT2D eigenvalue weighted by Gasteiger charge is 2.65. The van der Waals surface area contributed by atoms with Crippen LogP contribution in [0.15, 0.2) is 10.4 Å². The van der Waals surface area contributed by atoms with Crippen molar-refractivity contribution in [2.45, 2.75) is 116 Å². The van der Waals surface area contributed by atoms with Crippen LogP contribution in [0.2, 0.25) is 0 Å². The lowest BCUT2D eigenvalue weighted by molar-refractivity contribution is -0.155. The summed E-state index contributed by atoms with van der Waals surface area (Å²) in [5.41, 5.74) is -1.58. The first-order chi connectivity index (χ1) is 18.2. The number of halogens is 1. The Morgan fingerprint density at radius 1 is 1.28 bits per heavy atom. The second kappa shape index (κ2) is 11.5. The van der Waals surface area contributed by atoms with Crippen LogP contribution < -0.4 is 0 Å². The third kappa shape index (κ3) is 6.44. The SMILES string of the molecule is CCC12C[C@@H](C(Cl)=Cc3csc(C)n3)OC(=O)C[C@H](O)C(C)(C)C(=O)[C@@H](C3CO3)[C@H](O)[C@@H](C)CCCC1(C)O2. The average molecular weight is 584 g/mol. The molecule has 2 N–H and O–H groups in total. The minimum Gasteiger partial charge on any atom is -0.456 e. The number of nitrogens with zero attached hydrogens (tertiary/aromatic N) is 1.